The molecule has 106 valence electrons. The van der Waals surface area contributed by atoms with Gasteiger partial charge in [-0.1, -0.05) is 54.6 Å². The average molecular weight is 278 g/mol. The Morgan fingerprint density at radius 1 is 0.905 bits per heavy atom. The molecule has 0 amide bonds. The zero-order valence-corrected chi connectivity index (χ0v) is 12.0. The monoisotopic (exact) mass is 278 g/mol. The molecule has 0 saturated carbocycles. The molecule has 2 aromatic carbocycles. The number of nitrogens with one attached hydrogen (secondary N) is 2. The van der Waals surface area contributed by atoms with Crippen molar-refractivity contribution in [3.8, 4) is 11.3 Å². The highest BCUT2D eigenvalue weighted by atomic mass is 15.3. The van der Waals surface area contributed by atoms with E-state index in [1.807, 2.05) is 30.3 Å². The normalized spacial score (nSPS) is 10.7. The minimum Gasteiger partial charge on any atom is -0.307 e. The van der Waals surface area contributed by atoms with E-state index >= 15 is 0 Å². The molecule has 1 heterocycles. The highest BCUT2D eigenvalue weighted by Gasteiger charge is 2.09. The van der Waals surface area contributed by atoms with Gasteiger partial charge in [0, 0.05) is 18.7 Å². The Morgan fingerprint density at radius 3 is 2.48 bits per heavy atom. The quantitative estimate of drug-likeness (QED) is 0.754. The number of benzene rings is 2. The minimum absolute atomic E-state index is 0.690. The van der Waals surface area contributed by atoms with E-state index in [-0.39, 0.29) is 0 Å². The molecule has 3 aromatic rings. The van der Waals surface area contributed by atoms with Gasteiger partial charge in [-0.15, -0.1) is 0 Å². The van der Waals surface area contributed by atoms with E-state index in [0.717, 1.165) is 23.5 Å². The van der Waals surface area contributed by atoms with Crippen molar-refractivity contribution in [2.75, 3.05) is 0 Å². The lowest BCUT2D eigenvalue weighted by Gasteiger charge is -2.07. The largest absolute Gasteiger partial charge is 0.307 e. The van der Waals surface area contributed by atoms with Gasteiger partial charge in [0.25, 0.3) is 0 Å². The summed E-state index contributed by atoms with van der Waals surface area (Å²) in [4.78, 5) is 0. The lowest BCUT2D eigenvalue weighted by molar-refractivity contribution is 0.675. The number of aryl methyl sites for hydroxylation is 1. The van der Waals surface area contributed by atoms with Crippen molar-refractivity contribution in [3.05, 3.63) is 71.4 Å². The first-order valence-electron chi connectivity index (χ1n) is 7.05. The molecule has 21 heavy (non-hydrogen) atoms. The molecule has 1 aromatic heterocycles. The molecule has 4 nitrogen and oxygen atoms in total. The highest BCUT2D eigenvalue weighted by molar-refractivity contribution is 5.60. The maximum absolute atomic E-state index is 4.25. The number of nitrogens with zero attached hydrogens (tertiary/aromatic N) is 2. The van der Waals surface area contributed by atoms with E-state index in [1.165, 1.54) is 11.1 Å². The fourth-order valence-electron chi connectivity index (χ4n) is 2.33. The summed E-state index contributed by atoms with van der Waals surface area (Å²) in [6.07, 6.45) is 0. The number of hydrogen-bond acceptors (Lipinski definition) is 3. The van der Waals surface area contributed by atoms with Crippen molar-refractivity contribution in [2.45, 2.75) is 20.0 Å². The first-order valence-corrected chi connectivity index (χ1v) is 7.05. The number of hydrogen-bond donors (Lipinski definition) is 2. The first kappa shape index (κ1) is 13.5. The molecule has 0 radical (unpaired) electrons. The predicted octanol–water partition coefficient (Wildman–Crippen LogP) is 3.07. The smallest absolute Gasteiger partial charge is 0.117 e. The Balaban J connectivity index is 1.67. The maximum atomic E-state index is 4.25. The first-order chi connectivity index (χ1) is 10.3. The van der Waals surface area contributed by atoms with Gasteiger partial charge in [0.1, 0.15) is 11.4 Å². The molecule has 0 aliphatic carbocycles. The van der Waals surface area contributed by atoms with Crippen LogP contribution in [0.3, 0.4) is 0 Å². The zero-order chi connectivity index (χ0) is 14.5. The molecule has 2 N–H and O–H groups in total. The predicted molar refractivity (Wildman–Crippen MR) is 83.5 cm³/mol. The Morgan fingerprint density at radius 2 is 1.67 bits per heavy atom. The van der Waals surface area contributed by atoms with Gasteiger partial charge >= 0.3 is 0 Å². The number of H-pyrrole nitrogens is 1. The van der Waals surface area contributed by atoms with Crippen molar-refractivity contribution in [1.82, 2.24) is 20.7 Å². The molecular weight excluding hydrogens is 260 g/mol. The SMILES string of the molecule is Cc1ccccc1CNCc1n[nH]nc1-c1ccccc1. The van der Waals surface area contributed by atoms with Gasteiger partial charge in [0.05, 0.1) is 0 Å². The lowest BCUT2D eigenvalue weighted by Crippen LogP contribution is -2.14. The van der Waals surface area contributed by atoms with Gasteiger partial charge in [-0.25, -0.2) is 0 Å². The second kappa shape index (κ2) is 6.33. The van der Waals surface area contributed by atoms with Gasteiger partial charge < -0.3 is 5.32 Å². The van der Waals surface area contributed by atoms with E-state index in [9.17, 15) is 0 Å². The van der Waals surface area contributed by atoms with Crippen LogP contribution in [0.15, 0.2) is 54.6 Å². The van der Waals surface area contributed by atoms with Gasteiger partial charge in [-0.2, -0.15) is 15.4 Å². The summed E-state index contributed by atoms with van der Waals surface area (Å²) in [5.41, 5.74) is 5.54. The Kier molecular flexibility index (Phi) is 4.07. The second-order valence-electron chi connectivity index (χ2n) is 5.01. The van der Waals surface area contributed by atoms with Crippen molar-refractivity contribution >= 4 is 0 Å². The van der Waals surface area contributed by atoms with E-state index in [4.69, 9.17) is 0 Å². The Hall–Kier alpha value is -2.46. The van der Waals surface area contributed by atoms with Crippen LogP contribution >= 0.6 is 0 Å². The Labute approximate surface area is 124 Å². The van der Waals surface area contributed by atoms with Crippen LogP contribution in [-0.2, 0) is 13.1 Å². The summed E-state index contributed by atoms with van der Waals surface area (Å²) in [7, 11) is 0. The van der Waals surface area contributed by atoms with Crippen LogP contribution in [0.4, 0.5) is 0 Å². The summed E-state index contributed by atoms with van der Waals surface area (Å²) in [6, 6.07) is 18.5. The zero-order valence-electron chi connectivity index (χ0n) is 12.0. The van der Waals surface area contributed by atoms with Crippen LogP contribution in [0, 0.1) is 6.92 Å². The summed E-state index contributed by atoms with van der Waals surface area (Å²) in [5.74, 6) is 0. The third-order valence-electron chi connectivity index (χ3n) is 3.54. The van der Waals surface area contributed by atoms with Crippen LogP contribution in [0.25, 0.3) is 11.3 Å². The van der Waals surface area contributed by atoms with Crippen molar-refractivity contribution in [3.63, 3.8) is 0 Å². The van der Waals surface area contributed by atoms with Crippen LogP contribution in [0.5, 0.6) is 0 Å². The molecule has 3 rings (SSSR count). The van der Waals surface area contributed by atoms with E-state index in [0.29, 0.717) is 6.54 Å². The topological polar surface area (TPSA) is 53.6 Å². The van der Waals surface area contributed by atoms with Crippen LogP contribution < -0.4 is 5.32 Å². The average Bonchev–Trinajstić information content (AvgIpc) is 2.99. The standard InChI is InChI=1S/C17H18N4/c1-13-7-5-6-10-15(13)11-18-12-16-17(20-21-19-16)14-8-3-2-4-9-14/h2-10,18H,11-12H2,1H3,(H,19,20,21). The van der Waals surface area contributed by atoms with Crippen LogP contribution in [0.2, 0.25) is 0 Å². The Bertz CT molecular complexity index is 704. The molecule has 0 fully saturated rings. The van der Waals surface area contributed by atoms with Crippen LogP contribution in [0.1, 0.15) is 16.8 Å². The summed E-state index contributed by atoms with van der Waals surface area (Å²) < 4.78 is 0. The summed E-state index contributed by atoms with van der Waals surface area (Å²) in [6.45, 7) is 3.64. The number of aromatic amines is 1. The molecule has 0 atom stereocenters. The van der Waals surface area contributed by atoms with Gasteiger partial charge in [-0.05, 0) is 18.1 Å². The summed E-state index contributed by atoms with van der Waals surface area (Å²) in [5, 5.41) is 14.7. The summed E-state index contributed by atoms with van der Waals surface area (Å²) >= 11 is 0. The molecule has 0 bridgehead atoms. The van der Waals surface area contributed by atoms with Gasteiger partial charge in [0.2, 0.25) is 0 Å². The minimum atomic E-state index is 0.690. The fourth-order valence-corrected chi connectivity index (χ4v) is 2.33. The fraction of sp³-hybridized carbons (Fsp3) is 0.176. The third kappa shape index (κ3) is 3.17. The molecule has 0 spiro atoms. The molecule has 4 heteroatoms. The molecule has 0 unspecified atom stereocenters. The van der Waals surface area contributed by atoms with Gasteiger partial charge in [0.15, 0.2) is 0 Å². The lowest BCUT2D eigenvalue weighted by atomic mass is 10.1. The maximum Gasteiger partial charge on any atom is 0.117 e. The van der Waals surface area contributed by atoms with E-state index < -0.39 is 0 Å². The number of rotatable bonds is 5. The molecular formula is C17H18N4. The third-order valence-corrected chi connectivity index (χ3v) is 3.54. The van der Waals surface area contributed by atoms with Crippen molar-refractivity contribution < 1.29 is 0 Å². The van der Waals surface area contributed by atoms with Crippen molar-refractivity contribution in [1.29, 1.82) is 0 Å². The van der Waals surface area contributed by atoms with E-state index in [2.05, 4.69) is 51.9 Å². The molecule has 0 aliphatic rings. The van der Waals surface area contributed by atoms with Crippen LogP contribution in [-0.4, -0.2) is 15.4 Å². The molecule has 0 saturated heterocycles. The second-order valence-corrected chi connectivity index (χ2v) is 5.01. The van der Waals surface area contributed by atoms with Crippen molar-refractivity contribution in [2.24, 2.45) is 0 Å². The van der Waals surface area contributed by atoms with E-state index in [1.54, 1.807) is 0 Å². The van der Waals surface area contributed by atoms with Gasteiger partial charge in [-0.3, -0.25) is 0 Å². The number of aromatic nitrogens is 3. The highest BCUT2D eigenvalue weighted by Crippen LogP contribution is 2.18. The molecule has 0 aliphatic heterocycles.